The first kappa shape index (κ1) is 23.9. The Bertz CT molecular complexity index is 527. The zero-order chi connectivity index (χ0) is 17.9. The molecule has 3 N–H and O–H groups in total. The minimum absolute atomic E-state index is 0. The van der Waals surface area contributed by atoms with E-state index in [9.17, 15) is 5.11 Å². The third-order valence-electron chi connectivity index (χ3n) is 3.82. The summed E-state index contributed by atoms with van der Waals surface area (Å²) in [7, 11) is 0. The van der Waals surface area contributed by atoms with Crippen LogP contribution < -0.4 is 10.6 Å². The Morgan fingerprint density at radius 3 is 3.00 bits per heavy atom. The van der Waals surface area contributed by atoms with Gasteiger partial charge in [-0.3, -0.25) is 4.99 Å². The number of aliphatic hydroxyl groups excluding tert-OH is 1. The second kappa shape index (κ2) is 14.0. The molecule has 9 heteroatoms. The SMILES string of the molecule is CCNC(=NCC(O)c1ccc(Cl)s1)NCCCOCC1CCOC1.I. The molecule has 1 fully saturated rings. The molecule has 1 aliphatic heterocycles. The van der Waals surface area contributed by atoms with Gasteiger partial charge in [0.2, 0.25) is 0 Å². The van der Waals surface area contributed by atoms with Crippen molar-refractivity contribution in [1.29, 1.82) is 0 Å². The second-order valence-corrected chi connectivity index (χ2v) is 7.71. The van der Waals surface area contributed by atoms with Gasteiger partial charge >= 0.3 is 0 Å². The van der Waals surface area contributed by atoms with E-state index in [2.05, 4.69) is 15.6 Å². The van der Waals surface area contributed by atoms with E-state index in [1.807, 2.05) is 13.0 Å². The molecule has 0 amide bonds. The quantitative estimate of drug-likeness (QED) is 0.193. The summed E-state index contributed by atoms with van der Waals surface area (Å²) in [5, 5.41) is 16.6. The summed E-state index contributed by atoms with van der Waals surface area (Å²) in [6.45, 7) is 7.04. The van der Waals surface area contributed by atoms with Crippen LogP contribution in [0.4, 0.5) is 0 Å². The molecule has 1 aromatic heterocycles. The Morgan fingerprint density at radius 2 is 2.35 bits per heavy atom. The monoisotopic (exact) mass is 517 g/mol. The Kier molecular flexibility index (Phi) is 12.8. The smallest absolute Gasteiger partial charge is 0.191 e. The molecule has 1 saturated heterocycles. The molecule has 1 aromatic rings. The third kappa shape index (κ3) is 9.18. The lowest BCUT2D eigenvalue weighted by molar-refractivity contribution is 0.0888. The lowest BCUT2D eigenvalue weighted by Gasteiger charge is -2.13. The van der Waals surface area contributed by atoms with E-state index in [0.717, 1.165) is 57.2 Å². The molecule has 2 rings (SSSR count). The molecule has 2 unspecified atom stereocenters. The van der Waals surface area contributed by atoms with Crippen LogP contribution in [0.15, 0.2) is 17.1 Å². The fourth-order valence-corrected chi connectivity index (χ4v) is 3.50. The first-order valence-electron chi connectivity index (χ1n) is 8.80. The molecule has 2 heterocycles. The number of hydrogen-bond donors (Lipinski definition) is 3. The van der Waals surface area contributed by atoms with Crippen molar-refractivity contribution in [2.45, 2.75) is 25.9 Å². The maximum absolute atomic E-state index is 10.2. The van der Waals surface area contributed by atoms with E-state index in [4.69, 9.17) is 21.1 Å². The van der Waals surface area contributed by atoms with Gasteiger partial charge in [-0.2, -0.15) is 0 Å². The molecular formula is C17H29ClIN3O3S. The van der Waals surface area contributed by atoms with E-state index < -0.39 is 6.10 Å². The van der Waals surface area contributed by atoms with Crippen molar-refractivity contribution in [3.63, 3.8) is 0 Å². The van der Waals surface area contributed by atoms with Gasteiger partial charge in [0, 0.05) is 37.1 Å². The minimum Gasteiger partial charge on any atom is -0.386 e. The molecule has 26 heavy (non-hydrogen) atoms. The van der Waals surface area contributed by atoms with Gasteiger partial charge in [0.15, 0.2) is 5.96 Å². The first-order valence-corrected chi connectivity index (χ1v) is 9.99. The molecule has 2 atom stereocenters. The van der Waals surface area contributed by atoms with Crippen LogP contribution in [-0.2, 0) is 9.47 Å². The number of ether oxygens (including phenoxy) is 2. The van der Waals surface area contributed by atoms with Crippen LogP contribution in [0.2, 0.25) is 4.34 Å². The van der Waals surface area contributed by atoms with Crippen LogP contribution in [0.3, 0.4) is 0 Å². The largest absolute Gasteiger partial charge is 0.386 e. The van der Waals surface area contributed by atoms with Crippen molar-refractivity contribution in [2.75, 3.05) is 46.1 Å². The number of hydrogen-bond acceptors (Lipinski definition) is 5. The van der Waals surface area contributed by atoms with E-state index in [1.165, 1.54) is 11.3 Å². The van der Waals surface area contributed by atoms with E-state index in [0.29, 0.717) is 22.8 Å². The average molecular weight is 518 g/mol. The van der Waals surface area contributed by atoms with Gasteiger partial charge in [-0.15, -0.1) is 35.3 Å². The van der Waals surface area contributed by atoms with Crippen molar-refractivity contribution < 1.29 is 14.6 Å². The highest BCUT2D eigenvalue weighted by Gasteiger charge is 2.15. The van der Waals surface area contributed by atoms with E-state index >= 15 is 0 Å². The molecule has 0 aliphatic carbocycles. The Balaban J connectivity index is 0.00000338. The predicted molar refractivity (Wildman–Crippen MR) is 118 cm³/mol. The van der Waals surface area contributed by atoms with Crippen LogP contribution in [0.1, 0.15) is 30.7 Å². The first-order chi connectivity index (χ1) is 12.2. The summed E-state index contributed by atoms with van der Waals surface area (Å²) in [5.41, 5.74) is 0. The molecule has 0 spiro atoms. The molecule has 1 aliphatic rings. The number of rotatable bonds is 10. The third-order valence-corrected chi connectivity index (χ3v) is 5.16. The molecule has 6 nitrogen and oxygen atoms in total. The Morgan fingerprint density at radius 1 is 1.50 bits per heavy atom. The zero-order valence-electron chi connectivity index (χ0n) is 15.1. The standard InChI is InChI=1S/C17H28ClN3O3S.HI/c1-2-19-17(21-10-14(22)15-4-5-16(18)25-15)20-7-3-8-23-11-13-6-9-24-12-13;/h4-5,13-14,22H,2-3,6-12H2,1H3,(H2,19,20,21);1H. The Hall–Kier alpha value is -0.130. The van der Waals surface area contributed by atoms with Gasteiger partial charge in [-0.1, -0.05) is 11.6 Å². The van der Waals surface area contributed by atoms with Gasteiger partial charge in [0.05, 0.1) is 24.1 Å². The predicted octanol–water partition coefficient (Wildman–Crippen LogP) is 3.05. The summed E-state index contributed by atoms with van der Waals surface area (Å²) < 4.78 is 11.7. The summed E-state index contributed by atoms with van der Waals surface area (Å²) >= 11 is 7.27. The van der Waals surface area contributed by atoms with Gasteiger partial charge in [0.25, 0.3) is 0 Å². The van der Waals surface area contributed by atoms with Crippen LogP contribution in [0, 0.1) is 5.92 Å². The van der Waals surface area contributed by atoms with Crippen LogP contribution in [0.25, 0.3) is 0 Å². The van der Waals surface area contributed by atoms with Crippen molar-refractivity contribution in [1.82, 2.24) is 10.6 Å². The van der Waals surface area contributed by atoms with Gasteiger partial charge < -0.3 is 25.2 Å². The summed E-state index contributed by atoms with van der Waals surface area (Å²) in [5.74, 6) is 1.26. The van der Waals surface area contributed by atoms with Gasteiger partial charge in [0.1, 0.15) is 6.10 Å². The number of nitrogens with zero attached hydrogens (tertiary/aromatic N) is 1. The maximum atomic E-state index is 10.2. The molecule has 0 radical (unpaired) electrons. The van der Waals surface area contributed by atoms with Crippen LogP contribution >= 0.6 is 46.9 Å². The normalized spacial score (nSPS) is 18.4. The van der Waals surface area contributed by atoms with E-state index in [1.54, 1.807) is 6.07 Å². The zero-order valence-corrected chi connectivity index (χ0v) is 19.0. The second-order valence-electron chi connectivity index (χ2n) is 5.96. The van der Waals surface area contributed by atoms with Crippen molar-refractivity contribution in [2.24, 2.45) is 10.9 Å². The minimum atomic E-state index is -0.634. The van der Waals surface area contributed by atoms with Crippen LogP contribution in [-0.4, -0.2) is 57.1 Å². The highest BCUT2D eigenvalue weighted by molar-refractivity contribution is 14.0. The maximum Gasteiger partial charge on any atom is 0.191 e. The lowest BCUT2D eigenvalue weighted by atomic mass is 10.1. The van der Waals surface area contributed by atoms with Crippen molar-refractivity contribution in [3.05, 3.63) is 21.3 Å². The molecule has 0 aromatic carbocycles. The van der Waals surface area contributed by atoms with Crippen LogP contribution in [0.5, 0.6) is 0 Å². The van der Waals surface area contributed by atoms with Gasteiger partial charge in [-0.05, 0) is 31.9 Å². The topological polar surface area (TPSA) is 75.1 Å². The van der Waals surface area contributed by atoms with E-state index in [-0.39, 0.29) is 24.0 Å². The number of guanidine groups is 1. The number of halogens is 2. The number of thiophene rings is 1. The number of aliphatic imine (C=N–C) groups is 1. The van der Waals surface area contributed by atoms with Crippen molar-refractivity contribution >= 4 is 52.9 Å². The summed E-state index contributed by atoms with van der Waals surface area (Å²) in [6.07, 6.45) is 1.37. The fraction of sp³-hybridized carbons (Fsp3) is 0.706. The van der Waals surface area contributed by atoms with Gasteiger partial charge in [-0.25, -0.2) is 0 Å². The molecule has 0 bridgehead atoms. The highest BCUT2D eigenvalue weighted by atomic mass is 127. The number of aliphatic hydroxyl groups is 1. The average Bonchev–Trinajstić information content (AvgIpc) is 3.27. The van der Waals surface area contributed by atoms with Crippen molar-refractivity contribution in [3.8, 4) is 0 Å². The summed E-state index contributed by atoms with van der Waals surface area (Å²) in [4.78, 5) is 5.26. The Labute approximate surface area is 181 Å². The molecular weight excluding hydrogens is 489 g/mol. The fourth-order valence-electron chi connectivity index (χ4n) is 2.46. The molecule has 150 valence electrons. The highest BCUT2D eigenvalue weighted by Crippen LogP contribution is 2.26. The summed E-state index contributed by atoms with van der Waals surface area (Å²) in [6, 6.07) is 3.62. The lowest BCUT2D eigenvalue weighted by Crippen LogP contribution is -2.38. The number of nitrogens with one attached hydrogen (secondary N) is 2. The molecule has 0 saturated carbocycles.